The highest BCUT2D eigenvalue weighted by Gasteiger charge is 2.43. The Morgan fingerprint density at radius 3 is 1.85 bits per heavy atom. The fourth-order valence-electron chi connectivity index (χ4n) is 7.07. The highest BCUT2D eigenvalue weighted by atomic mass is 15.1. The lowest BCUT2D eigenvalue weighted by molar-refractivity contribution is 1.18. The molecule has 3 heterocycles. The normalized spacial score (nSPS) is 13.0. The van der Waals surface area contributed by atoms with Crippen molar-refractivity contribution in [3.05, 3.63) is 140 Å². The Morgan fingerprint density at radius 2 is 1.05 bits per heavy atom. The fraction of sp³-hybridized carbons (Fsp3) is 0. The first-order valence-electron chi connectivity index (χ1n) is 13.6. The van der Waals surface area contributed by atoms with Crippen LogP contribution in [-0.4, -0.2) is 11.4 Å². The molecule has 2 nitrogen and oxygen atoms in total. The molecule has 0 radical (unpaired) electrons. The summed E-state index contributed by atoms with van der Waals surface area (Å²) in [7, 11) is 0. The standard InChI is InChI=1S/C36H23BN2/c1-2-12-24(13-3-1)38-32-20-10-7-17-29(32)35-34(38)23-22-28-26-15-5-9-19-31(26)37-30-18-8-4-14-25(30)27-16-6-11-21-33(27)39(37)36(28)35/h1-23H. The third-order valence-electron chi connectivity index (χ3n) is 8.58. The molecule has 6 aromatic carbocycles. The molecule has 180 valence electrons. The zero-order chi connectivity index (χ0) is 25.5. The molecule has 3 heteroatoms. The Kier molecular flexibility index (Phi) is 4.17. The predicted octanol–water partition coefficient (Wildman–Crippen LogP) is 7.69. The molecule has 2 aliphatic heterocycles. The minimum Gasteiger partial charge on any atom is -0.375 e. The van der Waals surface area contributed by atoms with E-state index in [1.54, 1.807) is 0 Å². The maximum atomic E-state index is 2.62. The van der Waals surface area contributed by atoms with Crippen molar-refractivity contribution in [3.63, 3.8) is 0 Å². The topological polar surface area (TPSA) is 8.17 Å². The number of benzene rings is 6. The molecular formula is C36H23BN2. The van der Waals surface area contributed by atoms with Crippen molar-refractivity contribution in [3.8, 4) is 27.9 Å². The number of aromatic nitrogens is 1. The number of anilines is 2. The Hall–Kier alpha value is -5.02. The van der Waals surface area contributed by atoms with Crippen LogP contribution < -0.4 is 15.7 Å². The minimum atomic E-state index is 0.101. The molecule has 9 rings (SSSR count). The van der Waals surface area contributed by atoms with Crippen molar-refractivity contribution in [2.45, 2.75) is 0 Å². The first kappa shape index (κ1) is 21.0. The van der Waals surface area contributed by atoms with E-state index in [1.807, 2.05) is 0 Å². The van der Waals surface area contributed by atoms with Crippen molar-refractivity contribution in [1.29, 1.82) is 0 Å². The van der Waals surface area contributed by atoms with E-state index in [1.165, 1.54) is 72.0 Å². The second kappa shape index (κ2) is 7.75. The Morgan fingerprint density at radius 1 is 0.436 bits per heavy atom. The molecule has 0 saturated carbocycles. The molecule has 1 aromatic heterocycles. The van der Waals surface area contributed by atoms with Crippen LogP contribution in [-0.2, 0) is 0 Å². The first-order chi connectivity index (χ1) is 19.4. The smallest absolute Gasteiger partial charge is 0.329 e. The molecule has 7 aromatic rings. The second-order valence-electron chi connectivity index (χ2n) is 10.5. The van der Waals surface area contributed by atoms with Gasteiger partial charge in [0.1, 0.15) is 0 Å². The summed E-state index contributed by atoms with van der Waals surface area (Å²) >= 11 is 0. The molecule has 0 atom stereocenters. The van der Waals surface area contributed by atoms with Crippen molar-refractivity contribution in [2.24, 2.45) is 0 Å². The largest absolute Gasteiger partial charge is 0.375 e. The second-order valence-corrected chi connectivity index (χ2v) is 10.5. The lowest BCUT2D eigenvalue weighted by Gasteiger charge is -2.43. The average Bonchev–Trinajstić information content (AvgIpc) is 3.36. The third kappa shape index (κ3) is 2.72. The summed E-state index contributed by atoms with van der Waals surface area (Å²) in [5.74, 6) is 0. The summed E-state index contributed by atoms with van der Waals surface area (Å²) in [5.41, 5.74) is 14.1. The van der Waals surface area contributed by atoms with Crippen LogP contribution >= 0.6 is 0 Å². The van der Waals surface area contributed by atoms with Gasteiger partial charge < -0.3 is 9.38 Å². The lowest BCUT2D eigenvalue weighted by Crippen LogP contribution is -2.59. The van der Waals surface area contributed by atoms with E-state index >= 15 is 0 Å². The number of rotatable bonds is 1. The van der Waals surface area contributed by atoms with Crippen molar-refractivity contribution < 1.29 is 0 Å². The SMILES string of the molecule is c1ccc(-n2c3ccccc3c3c4c(ccc32)-c2ccccc2B2c3ccccc3-c3ccccc3N24)cc1. The van der Waals surface area contributed by atoms with Gasteiger partial charge in [-0.3, -0.25) is 0 Å². The van der Waals surface area contributed by atoms with Gasteiger partial charge in [-0.05, 0) is 52.4 Å². The van der Waals surface area contributed by atoms with Crippen LogP contribution in [0.1, 0.15) is 0 Å². The molecule has 0 bridgehead atoms. The van der Waals surface area contributed by atoms with Gasteiger partial charge in [0.25, 0.3) is 0 Å². The summed E-state index contributed by atoms with van der Waals surface area (Å²) in [4.78, 5) is 2.62. The van der Waals surface area contributed by atoms with Gasteiger partial charge in [-0.2, -0.15) is 0 Å². The monoisotopic (exact) mass is 494 g/mol. The molecule has 2 aliphatic rings. The summed E-state index contributed by atoms with van der Waals surface area (Å²) in [6.07, 6.45) is 0. The van der Waals surface area contributed by atoms with E-state index in [0.717, 1.165) is 0 Å². The maximum Gasteiger partial charge on any atom is 0.329 e. The molecule has 0 aliphatic carbocycles. The van der Waals surface area contributed by atoms with E-state index in [4.69, 9.17) is 0 Å². The Labute approximate surface area is 227 Å². The van der Waals surface area contributed by atoms with Crippen molar-refractivity contribution in [1.82, 2.24) is 4.57 Å². The number of nitrogens with zero attached hydrogens (tertiary/aromatic N) is 2. The van der Waals surface area contributed by atoms with Gasteiger partial charge >= 0.3 is 6.85 Å². The van der Waals surface area contributed by atoms with E-state index in [9.17, 15) is 0 Å². The van der Waals surface area contributed by atoms with Crippen LogP contribution in [0.3, 0.4) is 0 Å². The highest BCUT2D eigenvalue weighted by molar-refractivity contribution is 6.92. The van der Waals surface area contributed by atoms with Gasteiger partial charge in [0.2, 0.25) is 0 Å². The Bertz CT molecular complexity index is 2090. The molecular weight excluding hydrogens is 471 g/mol. The zero-order valence-electron chi connectivity index (χ0n) is 21.3. The van der Waals surface area contributed by atoms with Crippen molar-refractivity contribution >= 4 is 51.0 Å². The molecule has 0 amide bonds. The van der Waals surface area contributed by atoms with Crippen molar-refractivity contribution in [2.75, 3.05) is 4.81 Å². The molecule has 0 saturated heterocycles. The van der Waals surface area contributed by atoms with Gasteiger partial charge in [0, 0.05) is 39.0 Å². The quantitative estimate of drug-likeness (QED) is 0.213. The fourth-order valence-corrected chi connectivity index (χ4v) is 7.07. The number of hydrogen-bond donors (Lipinski definition) is 0. The minimum absolute atomic E-state index is 0.101. The lowest BCUT2D eigenvalue weighted by atomic mass is 9.43. The van der Waals surface area contributed by atoms with Crippen LogP contribution in [0.25, 0.3) is 49.7 Å². The summed E-state index contributed by atoms with van der Waals surface area (Å²) in [6, 6.07) is 51.1. The third-order valence-corrected chi connectivity index (χ3v) is 8.58. The van der Waals surface area contributed by atoms with Crippen LogP contribution in [0.5, 0.6) is 0 Å². The van der Waals surface area contributed by atoms with Crippen LogP contribution in [0.15, 0.2) is 140 Å². The van der Waals surface area contributed by atoms with Gasteiger partial charge in [-0.25, -0.2) is 0 Å². The van der Waals surface area contributed by atoms with Gasteiger partial charge in [0.05, 0.1) is 11.0 Å². The number of fused-ring (bicyclic) bond motifs is 15. The highest BCUT2D eigenvalue weighted by Crippen LogP contribution is 2.50. The van der Waals surface area contributed by atoms with Crippen LogP contribution in [0.2, 0.25) is 0 Å². The first-order valence-corrected chi connectivity index (χ1v) is 13.6. The van der Waals surface area contributed by atoms with Gasteiger partial charge in [0.15, 0.2) is 0 Å². The molecule has 0 spiro atoms. The molecule has 39 heavy (non-hydrogen) atoms. The van der Waals surface area contributed by atoms with E-state index in [2.05, 4.69) is 149 Å². The van der Waals surface area contributed by atoms with Crippen LogP contribution in [0, 0.1) is 0 Å². The van der Waals surface area contributed by atoms with Crippen LogP contribution in [0.4, 0.5) is 11.4 Å². The number of hydrogen-bond acceptors (Lipinski definition) is 1. The Balaban J connectivity index is 1.49. The summed E-state index contributed by atoms with van der Waals surface area (Å²) in [5, 5.41) is 2.59. The van der Waals surface area contributed by atoms with Gasteiger partial charge in [-0.1, -0.05) is 109 Å². The number of para-hydroxylation sites is 3. The molecule has 0 N–H and O–H groups in total. The van der Waals surface area contributed by atoms with E-state index in [0.29, 0.717) is 0 Å². The average molecular weight is 494 g/mol. The zero-order valence-corrected chi connectivity index (χ0v) is 21.3. The molecule has 0 fully saturated rings. The summed E-state index contributed by atoms with van der Waals surface area (Å²) < 4.78 is 2.42. The maximum absolute atomic E-state index is 2.62. The summed E-state index contributed by atoms with van der Waals surface area (Å²) in [6.45, 7) is 0.101. The van der Waals surface area contributed by atoms with E-state index < -0.39 is 0 Å². The van der Waals surface area contributed by atoms with E-state index in [-0.39, 0.29) is 6.85 Å². The van der Waals surface area contributed by atoms with Gasteiger partial charge in [-0.15, -0.1) is 0 Å². The molecule has 0 unspecified atom stereocenters. The predicted molar refractivity (Wildman–Crippen MR) is 165 cm³/mol.